The van der Waals surface area contributed by atoms with Gasteiger partial charge in [-0.25, -0.2) is 8.42 Å². The fourth-order valence-corrected chi connectivity index (χ4v) is 1.34. The van der Waals surface area contributed by atoms with Gasteiger partial charge in [0.25, 0.3) is 0 Å². The van der Waals surface area contributed by atoms with E-state index in [9.17, 15) is 13.0 Å². The van der Waals surface area contributed by atoms with Crippen molar-refractivity contribution in [2.45, 2.75) is 4.90 Å². The fraction of sp³-hybridized carbons (Fsp3) is 0.250. The van der Waals surface area contributed by atoms with Crippen LogP contribution in [0.1, 0.15) is 0 Å². The first-order valence-electron chi connectivity index (χ1n) is 3.83. The maximum absolute atomic E-state index is 10.5. The molecule has 1 rings (SSSR count). The summed E-state index contributed by atoms with van der Waals surface area (Å²) in [7, 11) is -4.40. The van der Waals surface area contributed by atoms with E-state index in [1.165, 1.54) is 12.1 Å². The molecule has 0 spiro atoms. The molecule has 0 fully saturated rings. The Balaban J connectivity index is 0.00000196. The molecule has 0 aromatic heterocycles. The van der Waals surface area contributed by atoms with Gasteiger partial charge in [0.05, 0.1) is 11.5 Å². The minimum absolute atomic E-state index is 0. The van der Waals surface area contributed by atoms with E-state index in [4.69, 9.17) is 9.84 Å². The molecule has 0 saturated carbocycles. The monoisotopic (exact) mass is 224 g/mol. The summed E-state index contributed by atoms with van der Waals surface area (Å²) in [5.74, 6) is 0.409. The quantitative estimate of drug-likeness (QED) is 0.434. The van der Waals surface area contributed by atoms with Crippen molar-refractivity contribution in [1.29, 1.82) is 0 Å². The average Bonchev–Trinajstić information content (AvgIpc) is 2.14. The Hall–Kier alpha value is -0.513. The van der Waals surface area contributed by atoms with Crippen LogP contribution in [0.25, 0.3) is 0 Å². The Bertz CT molecular complexity index is 386. The molecule has 0 bridgehead atoms. The molecule has 0 amide bonds. The van der Waals surface area contributed by atoms with Gasteiger partial charge in [0.15, 0.2) is 0 Å². The summed E-state index contributed by atoms with van der Waals surface area (Å²) < 4.78 is 36.5. The first-order chi connectivity index (χ1) is 6.54. The third-order valence-electron chi connectivity index (χ3n) is 1.47. The van der Waals surface area contributed by atoms with Crippen molar-refractivity contribution in [3.8, 4) is 5.75 Å². The summed E-state index contributed by atoms with van der Waals surface area (Å²) in [6, 6.07) is 5.05. The Labute approximate surface area is 100.0 Å². The van der Waals surface area contributed by atoms with Gasteiger partial charge < -0.3 is 14.4 Å². The summed E-state index contributed by atoms with van der Waals surface area (Å²) in [4.78, 5) is -0.297. The minimum Gasteiger partial charge on any atom is -0.744 e. The van der Waals surface area contributed by atoms with E-state index in [0.29, 0.717) is 5.75 Å². The van der Waals surface area contributed by atoms with Crippen molar-refractivity contribution in [2.24, 2.45) is 0 Å². The molecule has 1 aromatic carbocycles. The van der Waals surface area contributed by atoms with E-state index in [-0.39, 0.29) is 37.0 Å². The van der Waals surface area contributed by atoms with E-state index in [1.807, 2.05) is 0 Å². The van der Waals surface area contributed by atoms with Crippen molar-refractivity contribution >= 4 is 10.1 Å². The minimum atomic E-state index is -4.40. The van der Waals surface area contributed by atoms with Crippen LogP contribution in [0.3, 0.4) is 0 Å². The number of aliphatic hydroxyl groups is 1. The van der Waals surface area contributed by atoms with Gasteiger partial charge in [0.1, 0.15) is 22.5 Å². The number of benzene rings is 1. The molecule has 0 aliphatic carbocycles. The van der Waals surface area contributed by atoms with Gasteiger partial charge >= 0.3 is 18.9 Å². The van der Waals surface area contributed by atoms with Gasteiger partial charge in [0, 0.05) is 0 Å². The van der Waals surface area contributed by atoms with Gasteiger partial charge in [-0.3, -0.25) is 0 Å². The van der Waals surface area contributed by atoms with E-state index in [1.54, 1.807) is 0 Å². The van der Waals surface area contributed by atoms with Gasteiger partial charge in [-0.1, -0.05) is 0 Å². The first-order valence-corrected chi connectivity index (χ1v) is 5.24. The zero-order valence-corrected chi connectivity index (χ0v) is 9.03. The number of rotatable bonds is 4. The van der Waals surface area contributed by atoms with Gasteiger partial charge in [-0.05, 0) is 24.3 Å². The second kappa shape index (κ2) is 6.15. The summed E-state index contributed by atoms with van der Waals surface area (Å²) in [6.07, 6.45) is 0. The molecule has 1 N–H and O–H groups in total. The molecule has 7 heteroatoms. The van der Waals surface area contributed by atoms with Crippen molar-refractivity contribution in [3.05, 3.63) is 24.3 Å². The summed E-state index contributed by atoms with van der Waals surface area (Å²) in [6.45, 7) is 0.00504. The summed E-state index contributed by atoms with van der Waals surface area (Å²) in [5, 5.41) is 8.44. The third-order valence-corrected chi connectivity index (χ3v) is 2.32. The summed E-state index contributed by atoms with van der Waals surface area (Å²) >= 11 is 0. The molecule has 0 radical (unpaired) electrons. The maximum Gasteiger partial charge on any atom is 1.00 e. The molecule has 0 aliphatic heterocycles. The SMILES string of the molecule is O=S(=O)([O-])c1ccc(OCCO)cc1.[Li+]. The molecule has 15 heavy (non-hydrogen) atoms. The second-order valence-electron chi connectivity index (χ2n) is 2.50. The Morgan fingerprint density at radius 1 is 1.27 bits per heavy atom. The van der Waals surface area contributed by atoms with E-state index in [0.717, 1.165) is 12.1 Å². The van der Waals surface area contributed by atoms with E-state index in [2.05, 4.69) is 0 Å². The van der Waals surface area contributed by atoms with Crippen LogP contribution in [0.5, 0.6) is 5.75 Å². The number of ether oxygens (including phenoxy) is 1. The van der Waals surface area contributed by atoms with Crippen LogP contribution < -0.4 is 23.6 Å². The molecular weight excluding hydrogens is 215 g/mol. The number of hydrogen-bond acceptors (Lipinski definition) is 5. The topological polar surface area (TPSA) is 86.7 Å². The van der Waals surface area contributed by atoms with Crippen LogP contribution in [-0.4, -0.2) is 31.3 Å². The molecule has 0 saturated heterocycles. The van der Waals surface area contributed by atoms with Crippen LogP contribution in [0.15, 0.2) is 29.2 Å². The van der Waals surface area contributed by atoms with Crippen molar-refractivity contribution in [2.75, 3.05) is 13.2 Å². The van der Waals surface area contributed by atoms with Gasteiger partial charge in [-0.2, -0.15) is 0 Å². The molecule has 1 aromatic rings. The molecule has 0 unspecified atom stereocenters. The predicted octanol–water partition coefficient (Wildman–Crippen LogP) is -3.03. The predicted molar refractivity (Wildman–Crippen MR) is 47.0 cm³/mol. The van der Waals surface area contributed by atoms with Crippen molar-refractivity contribution < 1.29 is 41.7 Å². The molecule has 5 nitrogen and oxygen atoms in total. The van der Waals surface area contributed by atoms with Gasteiger partial charge in [0.2, 0.25) is 0 Å². The second-order valence-corrected chi connectivity index (χ2v) is 3.88. The van der Waals surface area contributed by atoms with Crippen LogP contribution >= 0.6 is 0 Å². The smallest absolute Gasteiger partial charge is 0.744 e. The van der Waals surface area contributed by atoms with Crippen LogP contribution in [0, 0.1) is 0 Å². The first kappa shape index (κ1) is 14.5. The average molecular weight is 224 g/mol. The molecule has 0 aliphatic rings. The zero-order chi connectivity index (χ0) is 10.6. The van der Waals surface area contributed by atoms with E-state index >= 15 is 0 Å². The standard InChI is InChI=1S/C8H10O5S.Li/c9-5-6-13-7-1-3-8(4-2-7)14(10,11)12;/h1-4,9H,5-6H2,(H,10,11,12);/q;+1/p-1. The molecule has 0 atom stereocenters. The number of hydrogen-bond donors (Lipinski definition) is 1. The Morgan fingerprint density at radius 2 is 1.80 bits per heavy atom. The van der Waals surface area contributed by atoms with E-state index < -0.39 is 10.1 Å². The largest absolute Gasteiger partial charge is 1.00 e. The van der Waals surface area contributed by atoms with Crippen LogP contribution in [-0.2, 0) is 10.1 Å². The molecule has 78 valence electrons. The Kier molecular flexibility index (Phi) is 5.94. The van der Waals surface area contributed by atoms with Crippen molar-refractivity contribution in [3.63, 3.8) is 0 Å². The van der Waals surface area contributed by atoms with Gasteiger partial charge in [-0.15, -0.1) is 0 Å². The molecule has 0 heterocycles. The molecular formula is C8H9LiO5S. The maximum atomic E-state index is 10.5. The third kappa shape index (κ3) is 4.69. The van der Waals surface area contributed by atoms with Crippen molar-refractivity contribution in [1.82, 2.24) is 0 Å². The number of aliphatic hydroxyl groups excluding tert-OH is 1. The fourth-order valence-electron chi connectivity index (χ4n) is 0.866. The zero-order valence-electron chi connectivity index (χ0n) is 8.21. The normalized spacial score (nSPS) is 10.5. The van der Waals surface area contributed by atoms with Crippen LogP contribution in [0.4, 0.5) is 0 Å². The summed E-state index contributed by atoms with van der Waals surface area (Å²) in [5.41, 5.74) is 0. The Morgan fingerprint density at radius 3 is 2.20 bits per heavy atom. The van der Waals surface area contributed by atoms with Crippen LogP contribution in [0.2, 0.25) is 0 Å².